The molecule has 5 heterocycles. The Balaban J connectivity index is 1.20. The molecule has 10 aromatic rings. The number of nitrogens with zero attached hydrogens (tertiary/aromatic N) is 5. The minimum atomic E-state index is -0.784. The van der Waals surface area contributed by atoms with E-state index in [1.54, 1.807) is 0 Å². The average molecular weight is 690 g/mol. The second kappa shape index (κ2) is 10.5. The van der Waals surface area contributed by atoms with Crippen LogP contribution in [0.25, 0.3) is 66.4 Å². The lowest BCUT2D eigenvalue weighted by atomic mass is 9.66. The molecule has 6 nitrogen and oxygen atoms in total. The van der Waals surface area contributed by atoms with Crippen molar-refractivity contribution in [3.8, 4) is 40.3 Å². The standard InChI is InChI=1S/C48H27N5O/c49-26-29-21-22-43-35(23-29)34-13-3-8-18-42(34)53(43)31-25-39-47(51-28-31)46-38(48(39)36-14-4-9-19-44(36)54-45-20-10-5-15-37(45)48)24-30(27-50-46)52-40-16-6-1-11-32(40)33-12-2-7-17-41(33)52/h1-25,27-28H. The normalized spacial score (nSPS) is 13.5. The minimum absolute atomic E-state index is 0.632. The molecule has 0 atom stereocenters. The highest BCUT2D eigenvalue weighted by atomic mass is 16.5. The van der Waals surface area contributed by atoms with Gasteiger partial charge in [0.1, 0.15) is 11.5 Å². The first-order valence-electron chi connectivity index (χ1n) is 18.0. The van der Waals surface area contributed by atoms with E-state index >= 15 is 0 Å². The largest absolute Gasteiger partial charge is 0.457 e. The number of aromatic nitrogens is 4. The Hall–Kier alpha value is -7.49. The van der Waals surface area contributed by atoms with Gasteiger partial charge >= 0.3 is 0 Å². The molecule has 6 heteroatoms. The number of nitriles is 1. The molecular weight excluding hydrogens is 663 g/mol. The third-order valence-electron chi connectivity index (χ3n) is 11.5. The van der Waals surface area contributed by atoms with E-state index in [2.05, 4.69) is 130 Å². The first-order valence-corrected chi connectivity index (χ1v) is 18.0. The Morgan fingerprint density at radius 1 is 0.463 bits per heavy atom. The monoisotopic (exact) mass is 689 g/mol. The summed E-state index contributed by atoms with van der Waals surface area (Å²) in [6.45, 7) is 0. The van der Waals surface area contributed by atoms with E-state index in [9.17, 15) is 5.26 Å². The predicted octanol–water partition coefficient (Wildman–Crippen LogP) is 11.0. The van der Waals surface area contributed by atoms with Crippen molar-refractivity contribution in [2.45, 2.75) is 5.41 Å². The fourth-order valence-electron chi connectivity index (χ4n) is 9.34. The minimum Gasteiger partial charge on any atom is -0.457 e. The van der Waals surface area contributed by atoms with Crippen molar-refractivity contribution in [1.29, 1.82) is 5.26 Å². The number of para-hydroxylation sites is 5. The molecule has 0 saturated heterocycles. The molecule has 6 aromatic carbocycles. The molecule has 0 amide bonds. The van der Waals surface area contributed by atoms with Crippen LogP contribution in [0.3, 0.4) is 0 Å². The third kappa shape index (κ3) is 3.62. The molecular formula is C48H27N5O. The van der Waals surface area contributed by atoms with Crippen molar-refractivity contribution in [3.05, 3.63) is 192 Å². The lowest BCUT2D eigenvalue weighted by Crippen LogP contribution is -2.32. The third-order valence-corrected chi connectivity index (χ3v) is 11.5. The zero-order chi connectivity index (χ0) is 35.5. The summed E-state index contributed by atoms with van der Waals surface area (Å²) in [4.78, 5) is 10.6. The van der Waals surface area contributed by atoms with Gasteiger partial charge < -0.3 is 13.9 Å². The SMILES string of the molecule is N#Cc1ccc2c(c1)c1ccccc1n2-c1cnc2c(c1)C1(c3ccccc3Oc3ccccc31)c1cc(-n3c4ccccc4c4ccccc43)cnc1-2. The molecule has 4 aromatic heterocycles. The van der Waals surface area contributed by atoms with Gasteiger partial charge in [0.05, 0.1) is 74.3 Å². The summed E-state index contributed by atoms with van der Waals surface area (Å²) >= 11 is 0. The fourth-order valence-corrected chi connectivity index (χ4v) is 9.34. The van der Waals surface area contributed by atoms with Gasteiger partial charge in [0.15, 0.2) is 0 Å². The van der Waals surface area contributed by atoms with Crippen LogP contribution in [0.4, 0.5) is 0 Å². The predicted molar refractivity (Wildman–Crippen MR) is 213 cm³/mol. The molecule has 1 aliphatic heterocycles. The smallest absolute Gasteiger partial charge is 0.132 e. The number of benzene rings is 6. The molecule has 0 bridgehead atoms. The lowest BCUT2D eigenvalue weighted by Gasteiger charge is -2.39. The molecule has 54 heavy (non-hydrogen) atoms. The van der Waals surface area contributed by atoms with E-state index in [4.69, 9.17) is 14.7 Å². The molecule has 0 fully saturated rings. The van der Waals surface area contributed by atoms with E-state index in [0.29, 0.717) is 5.56 Å². The van der Waals surface area contributed by atoms with Crippen molar-refractivity contribution in [2.75, 3.05) is 0 Å². The van der Waals surface area contributed by atoms with Gasteiger partial charge in [-0.3, -0.25) is 9.97 Å². The molecule has 1 aliphatic carbocycles. The number of hydrogen-bond donors (Lipinski definition) is 0. The van der Waals surface area contributed by atoms with Crippen LogP contribution >= 0.6 is 0 Å². The number of hydrogen-bond acceptors (Lipinski definition) is 4. The second-order valence-corrected chi connectivity index (χ2v) is 14.1. The van der Waals surface area contributed by atoms with Crippen molar-refractivity contribution in [2.24, 2.45) is 0 Å². The van der Waals surface area contributed by atoms with Gasteiger partial charge in [-0.05, 0) is 60.7 Å². The van der Waals surface area contributed by atoms with Crippen molar-refractivity contribution < 1.29 is 4.74 Å². The van der Waals surface area contributed by atoms with Crippen LogP contribution < -0.4 is 4.74 Å². The number of ether oxygens (including phenoxy) is 1. The summed E-state index contributed by atoms with van der Waals surface area (Å²) in [5.74, 6) is 1.62. The van der Waals surface area contributed by atoms with Gasteiger partial charge in [0.2, 0.25) is 0 Å². The van der Waals surface area contributed by atoms with E-state index < -0.39 is 5.41 Å². The van der Waals surface area contributed by atoms with Gasteiger partial charge in [0, 0.05) is 43.8 Å². The molecule has 0 saturated carbocycles. The highest BCUT2D eigenvalue weighted by molar-refractivity contribution is 6.10. The second-order valence-electron chi connectivity index (χ2n) is 14.1. The molecule has 0 unspecified atom stereocenters. The van der Waals surface area contributed by atoms with Gasteiger partial charge in [-0.25, -0.2) is 0 Å². The molecule has 12 rings (SSSR count). The average Bonchev–Trinajstić information content (AvgIpc) is 3.84. The Labute approximate surface area is 309 Å². The molecule has 0 radical (unpaired) electrons. The van der Waals surface area contributed by atoms with Crippen LogP contribution in [0.5, 0.6) is 11.5 Å². The van der Waals surface area contributed by atoms with Gasteiger partial charge in [-0.15, -0.1) is 0 Å². The maximum Gasteiger partial charge on any atom is 0.132 e. The topological polar surface area (TPSA) is 68.7 Å². The van der Waals surface area contributed by atoms with E-state index in [1.165, 1.54) is 10.8 Å². The first-order chi connectivity index (χ1) is 26.7. The molecule has 2 aliphatic rings. The summed E-state index contributed by atoms with van der Waals surface area (Å²) < 4.78 is 11.3. The summed E-state index contributed by atoms with van der Waals surface area (Å²) in [6, 6.07) is 55.2. The maximum atomic E-state index is 9.79. The van der Waals surface area contributed by atoms with E-state index in [0.717, 1.165) is 89.4 Å². The Kier molecular flexibility index (Phi) is 5.68. The fraction of sp³-hybridized carbons (Fsp3) is 0.0208. The Morgan fingerprint density at radius 2 is 0.907 bits per heavy atom. The number of pyridine rings is 2. The van der Waals surface area contributed by atoms with Gasteiger partial charge in [-0.1, -0.05) is 91.0 Å². The Morgan fingerprint density at radius 3 is 1.43 bits per heavy atom. The van der Waals surface area contributed by atoms with Gasteiger partial charge in [0.25, 0.3) is 0 Å². The quantitative estimate of drug-likeness (QED) is 0.181. The molecule has 0 N–H and O–H groups in total. The molecule has 250 valence electrons. The number of rotatable bonds is 2. The zero-order valence-corrected chi connectivity index (χ0v) is 28.7. The van der Waals surface area contributed by atoms with Crippen molar-refractivity contribution >= 4 is 43.6 Å². The van der Waals surface area contributed by atoms with Crippen LogP contribution in [-0.4, -0.2) is 19.1 Å². The highest BCUT2D eigenvalue weighted by Gasteiger charge is 2.53. The van der Waals surface area contributed by atoms with Crippen molar-refractivity contribution in [1.82, 2.24) is 19.1 Å². The summed E-state index contributed by atoms with van der Waals surface area (Å²) in [5, 5.41) is 14.3. The van der Waals surface area contributed by atoms with Crippen LogP contribution in [0, 0.1) is 11.3 Å². The van der Waals surface area contributed by atoms with Crippen LogP contribution in [-0.2, 0) is 5.41 Å². The zero-order valence-electron chi connectivity index (χ0n) is 28.7. The van der Waals surface area contributed by atoms with E-state index in [1.807, 2.05) is 48.8 Å². The van der Waals surface area contributed by atoms with Crippen LogP contribution in [0.1, 0.15) is 27.8 Å². The van der Waals surface area contributed by atoms with Crippen LogP contribution in [0.15, 0.2) is 164 Å². The van der Waals surface area contributed by atoms with E-state index in [-0.39, 0.29) is 0 Å². The number of fused-ring (bicyclic) bond motifs is 15. The maximum absolute atomic E-state index is 9.79. The summed E-state index contributed by atoms with van der Waals surface area (Å²) in [5.41, 5.74) is 12.0. The van der Waals surface area contributed by atoms with Crippen molar-refractivity contribution in [3.63, 3.8) is 0 Å². The highest BCUT2D eigenvalue weighted by Crippen LogP contribution is 2.61. The Bertz CT molecular complexity index is 3190. The lowest BCUT2D eigenvalue weighted by molar-refractivity contribution is 0.436. The summed E-state index contributed by atoms with van der Waals surface area (Å²) in [7, 11) is 0. The first kappa shape index (κ1) is 29.1. The van der Waals surface area contributed by atoms with Gasteiger partial charge in [-0.2, -0.15) is 5.26 Å². The molecule has 1 spiro atoms. The van der Waals surface area contributed by atoms with Crippen LogP contribution in [0.2, 0.25) is 0 Å². The summed E-state index contributed by atoms with van der Waals surface area (Å²) in [6.07, 6.45) is 3.96.